The quantitative estimate of drug-likeness (QED) is 0.794. The molecule has 2 aliphatic rings. The molecule has 0 aliphatic heterocycles. The average Bonchev–Trinajstić information content (AvgIpc) is 2.70. The van der Waals surface area contributed by atoms with Gasteiger partial charge >= 0.3 is 0 Å². The van der Waals surface area contributed by atoms with Gasteiger partial charge in [0.2, 0.25) is 0 Å². The van der Waals surface area contributed by atoms with Crippen LogP contribution in [0.25, 0.3) is 0 Å². The zero-order valence-electron chi connectivity index (χ0n) is 12.2. The van der Waals surface area contributed by atoms with E-state index in [-0.39, 0.29) is 0 Å². The summed E-state index contributed by atoms with van der Waals surface area (Å²) in [5.41, 5.74) is 9.72. The first-order valence-corrected chi connectivity index (χ1v) is 7.76. The van der Waals surface area contributed by atoms with E-state index in [9.17, 15) is 0 Å². The van der Waals surface area contributed by atoms with Crippen LogP contribution in [0.5, 0.6) is 0 Å². The van der Waals surface area contributed by atoms with Crippen molar-refractivity contribution in [1.82, 2.24) is 5.32 Å². The van der Waals surface area contributed by atoms with E-state index in [4.69, 9.17) is 5.73 Å². The van der Waals surface area contributed by atoms with Gasteiger partial charge in [-0.15, -0.1) is 0 Å². The van der Waals surface area contributed by atoms with E-state index in [0.717, 1.165) is 17.5 Å². The third kappa shape index (κ3) is 2.79. The highest BCUT2D eigenvalue weighted by Crippen LogP contribution is 2.35. The first-order valence-electron chi connectivity index (χ1n) is 7.76. The van der Waals surface area contributed by atoms with E-state index in [1.54, 1.807) is 0 Å². The lowest BCUT2D eigenvalue weighted by Gasteiger charge is -2.34. The lowest BCUT2D eigenvalue weighted by atomic mass is 9.80. The first kappa shape index (κ1) is 13.0. The summed E-state index contributed by atoms with van der Waals surface area (Å²) in [6, 6.07) is 7.68. The Kier molecular flexibility index (Phi) is 3.53. The van der Waals surface area contributed by atoms with Crippen LogP contribution in [0, 0.1) is 11.8 Å². The van der Waals surface area contributed by atoms with Crippen molar-refractivity contribution in [2.75, 3.05) is 5.73 Å². The molecule has 0 bridgehead atoms. The van der Waals surface area contributed by atoms with Crippen LogP contribution >= 0.6 is 0 Å². The molecule has 0 saturated heterocycles. The van der Waals surface area contributed by atoms with Crippen LogP contribution in [-0.2, 0) is 6.42 Å². The fraction of sp³-hybridized carbons (Fsp3) is 0.647. The summed E-state index contributed by atoms with van der Waals surface area (Å²) in [5.74, 6) is 1.74. The van der Waals surface area contributed by atoms with Crippen LogP contribution in [0.3, 0.4) is 0 Å². The monoisotopic (exact) mass is 258 g/mol. The Balaban J connectivity index is 1.69. The lowest BCUT2D eigenvalue weighted by Crippen LogP contribution is -2.38. The minimum absolute atomic E-state index is 0.554. The molecular weight excluding hydrogens is 232 g/mol. The zero-order valence-corrected chi connectivity index (χ0v) is 12.2. The third-order valence-corrected chi connectivity index (χ3v) is 4.86. The van der Waals surface area contributed by atoms with Crippen LogP contribution in [0.4, 0.5) is 5.69 Å². The van der Waals surface area contributed by atoms with E-state index < -0.39 is 0 Å². The van der Waals surface area contributed by atoms with Gasteiger partial charge in [-0.05, 0) is 67.2 Å². The minimum Gasteiger partial charge on any atom is -0.399 e. The molecule has 1 aromatic rings. The van der Waals surface area contributed by atoms with Gasteiger partial charge in [0.1, 0.15) is 0 Å². The van der Waals surface area contributed by atoms with E-state index in [1.165, 1.54) is 43.2 Å². The molecular formula is C17H26N2. The molecule has 0 radical (unpaired) electrons. The highest BCUT2D eigenvalue weighted by Gasteiger charge is 2.29. The summed E-state index contributed by atoms with van der Waals surface area (Å²) in [7, 11) is 0. The Morgan fingerprint density at radius 1 is 1.11 bits per heavy atom. The van der Waals surface area contributed by atoms with Crippen molar-refractivity contribution >= 4 is 5.69 Å². The number of hydrogen-bond acceptors (Lipinski definition) is 2. The van der Waals surface area contributed by atoms with Gasteiger partial charge in [0, 0.05) is 17.8 Å². The Hall–Kier alpha value is -1.02. The summed E-state index contributed by atoms with van der Waals surface area (Å²) in [6.45, 7) is 4.79. The Labute approximate surface area is 116 Å². The molecule has 0 amide bonds. The largest absolute Gasteiger partial charge is 0.399 e. The molecule has 104 valence electrons. The predicted octanol–water partition coefficient (Wildman–Crippen LogP) is 3.67. The second-order valence-corrected chi connectivity index (χ2v) is 6.83. The average molecular weight is 258 g/mol. The van der Waals surface area contributed by atoms with Crippen LogP contribution in [0.1, 0.15) is 56.7 Å². The van der Waals surface area contributed by atoms with Gasteiger partial charge in [-0.1, -0.05) is 19.9 Å². The van der Waals surface area contributed by atoms with E-state index >= 15 is 0 Å². The van der Waals surface area contributed by atoms with Gasteiger partial charge in [-0.25, -0.2) is 0 Å². The van der Waals surface area contributed by atoms with Gasteiger partial charge in [0.25, 0.3) is 0 Å². The second-order valence-electron chi connectivity index (χ2n) is 6.83. The molecule has 0 spiro atoms. The minimum atomic E-state index is 0.554. The van der Waals surface area contributed by atoms with Crippen molar-refractivity contribution in [2.24, 2.45) is 11.8 Å². The molecule has 3 atom stereocenters. The van der Waals surface area contributed by atoms with Crippen LogP contribution in [0.2, 0.25) is 0 Å². The number of nitrogens with one attached hydrogen (secondary N) is 1. The van der Waals surface area contributed by atoms with Gasteiger partial charge < -0.3 is 11.1 Å². The highest BCUT2D eigenvalue weighted by molar-refractivity contribution is 5.47. The van der Waals surface area contributed by atoms with Crippen molar-refractivity contribution in [3.05, 3.63) is 29.3 Å². The van der Waals surface area contributed by atoms with Crippen molar-refractivity contribution in [3.8, 4) is 0 Å². The number of fused-ring (bicyclic) bond motifs is 1. The molecule has 2 heteroatoms. The number of anilines is 1. The number of hydrogen-bond donors (Lipinski definition) is 2. The van der Waals surface area contributed by atoms with Gasteiger partial charge in [0.05, 0.1) is 0 Å². The van der Waals surface area contributed by atoms with E-state index in [2.05, 4.69) is 31.3 Å². The molecule has 2 aliphatic carbocycles. The summed E-state index contributed by atoms with van der Waals surface area (Å²) >= 11 is 0. The van der Waals surface area contributed by atoms with Crippen molar-refractivity contribution in [2.45, 2.75) is 58.0 Å². The van der Waals surface area contributed by atoms with Gasteiger partial charge in [-0.2, -0.15) is 0 Å². The topological polar surface area (TPSA) is 38.0 Å². The maximum atomic E-state index is 5.88. The fourth-order valence-corrected chi connectivity index (χ4v) is 4.18. The van der Waals surface area contributed by atoms with Crippen molar-refractivity contribution < 1.29 is 0 Å². The molecule has 0 heterocycles. The normalized spacial score (nSPS) is 34.2. The highest BCUT2D eigenvalue weighted by atomic mass is 15.0. The number of aryl methyl sites for hydroxylation is 1. The lowest BCUT2D eigenvalue weighted by molar-refractivity contribution is 0.225. The van der Waals surface area contributed by atoms with Crippen LogP contribution in [-0.4, -0.2) is 6.04 Å². The summed E-state index contributed by atoms with van der Waals surface area (Å²) in [5, 5.41) is 3.91. The summed E-state index contributed by atoms with van der Waals surface area (Å²) in [6.07, 6.45) is 6.49. The number of rotatable bonds is 2. The van der Waals surface area contributed by atoms with Crippen molar-refractivity contribution in [3.63, 3.8) is 0 Å². The second kappa shape index (κ2) is 5.16. The molecule has 0 aromatic heterocycles. The molecule has 3 unspecified atom stereocenters. The maximum Gasteiger partial charge on any atom is 0.0328 e. The van der Waals surface area contributed by atoms with E-state index in [0.29, 0.717) is 12.1 Å². The van der Waals surface area contributed by atoms with Crippen LogP contribution < -0.4 is 11.1 Å². The third-order valence-electron chi connectivity index (χ3n) is 4.86. The van der Waals surface area contributed by atoms with Crippen molar-refractivity contribution in [1.29, 1.82) is 0 Å². The molecule has 3 N–H and O–H groups in total. The molecule has 1 aromatic carbocycles. The zero-order chi connectivity index (χ0) is 13.4. The van der Waals surface area contributed by atoms with Gasteiger partial charge in [-0.3, -0.25) is 0 Å². The summed E-state index contributed by atoms with van der Waals surface area (Å²) in [4.78, 5) is 0. The molecule has 19 heavy (non-hydrogen) atoms. The standard InChI is InChI=1S/C17H26N2/c1-11-7-12(2)9-15(8-11)19-17-6-3-13-10-14(18)4-5-16(13)17/h4-5,10-12,15,17,19H,3,6-9,18H2,1-2H3. The Morgan fingerprint density at radius 3 is 2.58 bits per heavy atom. The number of benzene rings is 1. The van der Waals surface area contributed by atoms with Crippen LogP contribution in [0.15, 0.2) is 18.2 Å². The fourth-order valence-electron chi connectivity index (χ4n) is 4.18. The molecule has 1 saturated carbocycles. The van der Waals surface area contributed by atoms with E-state index in [1.807, 2.05) is 6.07 Å². The Morgan fingerprint density at radius 2 is 1.84 bits per heavy atom. The van der Waals surface area contributed by atoms with Gasteiger partial charge in [0.15, 0.2) is 0 Å². The molecule has 1 fully saturated rings. The predicted molar refractivity (Wildman–Crippen MR) is 81.0 cm³/mol. The molecule has 3 rings (SSSR count). The first-order chi connectivity index (χ1) is 9.11. The summed E-state index contributed by atoms with van der Waals surface area (Å²) < 4.78 is 0. The Bertz CT molecular complexity index is 445. The number of nitrogens with two attached hydrogens (primary N) is 1. The number of nitrogen functional groups attached to an aromatic ring is 1. The molecule has 2 nitrogen and oxygen atoms in total. The maximum absolute atomic E-state index is 5.88. The SMILES string of the molecule is CC1CC(C)CC(NC2CCc3cc(N)ccc32)C1. The smallest absolute Gasteiger partial charge is 0.0328 e.